The Balaban J connectivity index is 0.00000289. The Morgan fingerprint density at radius 2 is 1.50 bits per heavy atom. The highest BCUT2D eigenvalue weighted by atomic mass is 35.5. The van der Waals surface area contributed by atoms with E-state index in [4.69, 9.17) is 9.47 Å². The highest BCUT2D eigenvalue weighted by Gasteiger charge is 2.19. The normalized spacial score (nSPS) is 15.1. The van der Waals surface area contributed by atoms with Gasteiger partial charge in [0.05, 0.1) is 7.11 Å². The van der Waals surface area contributed by atoms with Crippen LogP contribution < -0.4 is 9.47 Å². The summed E-state index contributed by atoms with van der Waals surface area (Å²) in [4.78, 5) is 2.29. The molecule has 0 heterocycles. The fourth-order valence-corrected chi connectivity index (χ4v) is 4.33. The number of ether oxygens (including phenoxy) is 2. The minimum Gasteiger partial charge on any atom is -0.497 e. The maximum Gasteiger partial charge on any atom is 0.120 e. The van der Waals surface area contributed by atoms with E-state index in [0.717, 1.165) is 17.4 Å². The second kappa shape index (κ2) is 11.4. The van der Waals surface area contributed by atoms with Gasteiger partial charge in [-0.15, -0.1) is 12.4 Å². The third kappa shape index (κ3) is 6.27. The van der Waals surface area contributed by atoms with Gasteiger partial charge in [-0.2, -0.15) is 0 Å². The first kappa shape index (κ1) is 24.2. The molecular formula is C28H34ClNO2. The van der Waals surface area contributed by atoms with Gasteiger partial charge in [-0.25, -0.2) is 0 Å². The predicted molar refractivity (Wildman–Crippen MR) is 135 cm³/mol. The van der Waals surface area contributed by atoms with Gasteiger partial charge in [0, 0.05) is 0 Å². The van der Waals surface area contributed by atoms with E-state index in [0.29, 0.717) is 6.61 Å². The van der Waals surface area contributed by atoms with Crippen LogP contribution >= 0.6 is 12.4 Å². The Bertz CT molecular complexity index is 983. The molecule has 1 atom stereocenters. The van der Waals surface area contributed by atoms with E-state index in [9.17, 15) is 0 Å². The first-order chi connectivity index (χ1) is 15.1. The van der Waals surface area contributed by atoms with E-state index in [1.54, 1.807) is 7.11 Å². The van der Waals surface area contributed by atoms with E-state index < -0.39 is 0 Å². The molecule has 0 radical (unpaired) electrons. The lowest BCUT2D eigenvalue weighted by atomic mass is 9.82. The van der Waals surface area contributed by atoms with Gasteiger partial charge in [0.2, 0.25) is 0 Å². The van der Waals surface area contributed by atoms with Crippen molar-refractivity contribution in [2.75, 3.05) is 27.7 Å². The maximum atomic E-state index is 6.12. The highest BCUT2D eigenvalue weighted by Crippen LogP contribution is 2.30. The van der Waals surface area contributed by atoms with Gasteiger partial charge in [-0.05, 0) is 104 Å². The van der Waals surface area contributed by atoms with E-state index in [2.05, 4.69) is 73.6 Å². The van der Waals surface area contributed by atoms with Crippen LogP contribution in [-0.2, 0) is 19.4 Å². The van der Waals surface area contributed by atoms with E-state index in [1.807, 2.05) is 12.1 Å². The summed E-state index contributed by atoms with van der Waals surface area (Å²) in [7, 11) is 6.01. The lowest BCUT2D eigenvalue weighted by Crippen LogP contribution is -2.21. The number of hydrogen-bond donors (Lipinski definition) is 0. The summed E-state index contributed by atoms with van der Waals surface area (Å²) in [6.45, 7) is 1.77. The van der Waals surface area contributed by atoms with Crippen LogP contribution in [-0.4, -0.2) is 32.6 Å². The van der Waals surface area contributed by atoms with Gasteiger partial charge in [0.25, 0.3) is 0 Å². The number of methoxy groups -OCH3 is 1. The smallest absolute Gasteiger partial charge is 0.120 e. The molecule has 0 bridgehead atoms. The van der Waals surface area contributed by atoms with Gasteiger partial charge < -0.3 is 14.4 Å². The average molecular weight is 452 g/mol. The number of nitrogens with zero attached hydrogens (tertiary/aromatic N) is 1. The molecule has 0 amide bonds. The van der Waals surface area contributed by atoms with Crippen molar-refractivity contribution in [1.82, 2.24) is 4.90 Å². The molecule has 0 spiro atoms. The molecule has 4 rings (SSSR count). The lowest BCUT2D eigenvalue weighted by molar-refractivity contribution is 0.304. The molecule has 0 aliphatic heterocycles. The van der Waals surface area contributed by atoms with Crippen molar-refractivity contribution in [2.45, 2.75) is 32.3 Å². The molecule has 0 saturated heterocycles. The second-order valence-corrected chi connectivity index (χ2v) is 8.85. The van der Waals surface area contributed by atoms with Gasteiger partial charge in [0.15, 0.2) is 0 Å². The molecule has 0 aromatic heterocycles. The fourth-order valence-electron chi connectivity index (χ4n) is 4.33. The van der Waals surface area contributed by atoms with Crippen LogP contribution in [0.4, 0.5) is 0 Å². The average Bonchev–Trinajstić information content (AvgIpc) is 2.81. The number of fused-ring (bicyclic) bond motifs is 1. The Labute approximate surface area is 198 Å². The molecule has 170 valence electrons. The largest absolute Gasteiger partial charge is 0.497 e. The van der Waals surface area contributed by atoms with Crippen LogP contribution in [0.3, 0.4) is 0 Å². The third-order valence-electron chi connectivity index (χ3n) is 6.28. The minimum absolute atomic E-state index is 0. The van der Waals surface area contributed by atoms with Crippen LogP contribution in [0.15, 0.2) is 66.7 Å². The lowest BCUT2D eigenvalue weighted by Gasteiger charge is -2.26. The topological polar surface area (TPSA) is 21.7 Å². The Hall–Kier alpha value is -2.49. The molecule has 3 aromatic carbocycles. The SMILES string of the molecule is COc1ccc(-c2ccc(COc3ccc4c(c3)CCC(CCN(C)C)C4)cc2)cc1.Cl. The molecule has 1 unspecified atom stereocenters. The molecule has 3 nitrogen and oxygen atoms in total. The summed E-state index contributed by atoms with van der Waals surface area (Å²) in [5.74, 6) is 2.67. The first-order valence-corrected chi connectivity index (χ1v) is 11.2. The summed E-state index contributed by atoms with van der Waals surface area (Å²) in [6, 6.07) is 23.4. The zero-order chi connectivity index (χ0) is 21.6. The number of aryl methyl sites for hydroxylation is 1. The molecule has 3 aromatic rings. The Morgan fingerprint density at radius 1 is 0.844 bits per heavy atom. The highest BCUT2D eigenvalue weighted by molar-refractivity contribution is 5.85. The molecule has 1 aliphatic rings. The van der Waals surface area contributed by atoms with Crippen LogP contribution in [0, 0.1) is 5.92 Å². The van der Waals surface area contributed by atoms with Gasteiger partial charge in [-0.3, -0.25) is 0 Å². The number of rotatable bonds is 8. The van der Waals surface area contributed by atoms with Gasteiger partial charge in [-0.1, -0.05) is 42.5 Å². The van der Waals surface area contributed by atoms with Crippen molar-refractivity contribution in [3.8, 4) is 22.6 Å². The second-order valence-electron chi connectivity index (χ2n) is 8.85. The van der Waals surface area contributed by atoms with E-state index in [-0.39, 0.29) is 12.4 Å². The zero-order valence-electron chi connectivity index (χ0n) is 19.3. The molecular weight excluding hydrogens is 418 g/mol. The molecule has 0 saturated carbocycles. The minimum atomic E-state index is 0. The number of halogens is 1. The van der Waals surface area contributed by atoms with E-state index in [1.165, 1.54) is 60.0 Å². The summed E-state index contributed by atoms with van der Waals surface area (Å²) in [5.41, 5.74) is 6.54. The van der Waals surface area contributed by atoms with Crippen molar-refractivity contribution in [3.63, 3.8) is 0 Å². The van der Waals surface area contributed by atoms with Crippen molar-refractivity contribution >= 4 is 12.4 Å². The van der Waals surface area contributed by atoms with Crippen molar-refractivity contribution < 1.29 is 9.47 Å². The van der Waals surface area contributed by atoms with Crippen LogP contribution in [0.25, 0.3) is 11.1 Å². The standard InChI is InChI=1S/C28H33NO2.ClH/c1-29(2)17-16-21-4-9-26-19-28(15-12-25(26)18-21)31-20-22-5-7-23(8-6-22)24-10-13-27(30-3)14-11-24;/h5-8,10-15,19,21H,4,9,16-18,20H2,1-3H3;1H. The summed E-state index contributed by atoms with van der Waals surface area (Å²) in [6.07, 6.45) is 4.95. The quantitative estimate of drug-likeness (QED) is 0.394. The third-order valence-corrected chi connectivity index (χ3v) is 6.28. The van der Waals surface area contributed by atoms with Crippen molar-refractivity contribution in [2.24, 2.45) is 5.92 Å². The van der Waals surface area contributed by atoms with Crippen molar-refractivity contribution in [1.29, 1.82) is 0 Å². The predicted octanol–water partition coefficient (Wildman–Crippen LogP) is 6.42. The summed E-state index contributed by atoms with van der Waals surface area (Å²) < 4.78 is 11.4. The maximum absolute atomic E-state index is 6.12. The fraction of sp³-hybridized carbons (Fsp3) is 0.357. The molecule has 1 aliphatic carbocycles. The Kier molecular flexibility index (Phi) is 8.60. The Morgan fingerprint density at radius 3 is 2.16 bits per heavy atom. The molecule has 32 heavy (non-hydrogen) atoms. The van der Waals surface area contributed by atoms with E-state index >= 15 is 0 Å². The zero-order valence-corrected chi connectivity index (χ0v) is 20.2. The monoisotopic (exact) mass is 451 g/mol. The number of benzene rings is 3. The molecule has 0 fully saturated rings. The van der Waals surface area contributed by atoms with Crippen LogP contribution in [0.1, 0.15) is 29.5 Å². The molecule has 0 N–H and O–H groups in total. The first-order valence-electron chi connectivity index (χ1n) is 11.2. The van der Waals surface area contributed by atoms with Gasteiger partial charge >= 0.3 is 0 Å². The van der Waals surface area contributed by atoms with Crippen molar-refractivity contribution in [3.05, 3.63) is 83.4 Å². The van der Waals surface area contributed by atoms with Crippen LogP contribution in [0.2, 0.25) is 0 Å². The molecule has 4 heteroatoms. The number of hydrogen-bond acceptors (Lipinski definition) is 3. The van der Waals surface area contributed by atoms with Gasteiger partial charge in [0.1, 0.15) is 18.1 Å². The van der Waals surface area contributed by atoms with Crippen LogP contribution in [0.5, 0.6) is 11.5 Å². The summed E-state index contributed by atoms with van der Waals surface area (Å²) >= 11 is 0. The summed E-state index contributed by atoms with van der Waals surface area (Å²) in [5, 5.41) is 0.